The minimum Gasteiger partial charge on any atom is -0.497 e. The molecule has 2 heterocycles. The fourth-order valence-electron chi connectivity index (χ4n) is 5.04. The maximum Gasteiger partial charge on any atom is 0.222 e. The van der Waals surface area contributed by atoms with Crippen molar-refractivity contribution in [2.45, 2.75) is 50.2 Å². The number of fused-ring (bicyclic) bond motifs is 2. The number of aryl methyl sites for hydroxylation is 1. The second-order valence-corrected chi connectivity index (χ2v) is 8.20. The summed E-state index contributed by atoms with van der Waals surface area (Å²) >= 11 is 0. The fraction of sp³-hybridized carbons (Fsp3) is 0.375. The SMILES string of the molecule is COc1ccc([C@]23CCCC[C@]2(O)Oc2c(c(C)nn2-c2ccccc2)C3)cc1. The van der Waals surface area contributed by atoms with Gasteiger partial charge >= 0.3 is 0 Å². The molecule has 1 aliphatic heterocycles. The third-order valence-electron chi connectivity index (χ3n) is 6.64. The summed E-state index contributed by atoms with van der Waals surface area (Å²) in [6, 6.07) is 18.0. The van der Waals surface area contributed by atoms with E-state index in [0.717, 1.165) is 47.5 Å². The van der Waals surface area contributed by atoms with Gasteiger partial charge in [-0.05, 0) is 56.0 Å². The van der Waals surface area contributed by atoms with E-state index >= 15 is 0 Å². The largest absolute Gasteiger partial charge is 0.497 e. The van der Waals surface area contributed by atoms with Crippen molar-refractivity contribution < 1.29 is 14.6 Å². The summed E-state index contributed by atoms with van der Waals surface area (Å²) in [7, 11) is 1.67. The molecular formula is C24H26N2O3. The molecule has 2 atom stereocenters. The van der Waals surface area contributed by atoms with Gasteiger partial charge in [-0.15, -0.1) is 0 Å². The zero-order valence-electron chi connectivity index (χ0n) is 16.9. The van der Waals surface area contributed by atoms with Crippen LogP contribution in [-0.4, -0.2) is 27.8 Å². The van der Waals surface area contributed by atoms with E-state index in [1.165, 1.54) is 0 Å². The number of benzene rings is 2. The Hall–Kier alpha value is -2.79. The van der Waals surface area contributed by atoms with E-state index in [2.05, 4.69) is 12.1 Å². The van der Waals surface area contributed by atoms with Gasteiger partial charge in [0.05, 0.1) is 23.9 Å². The molecule has 1 N–H and O–H groups in total. The fourth-order valence-corrected chi connectivity index (χ4v) is 5.04. The highest BCUT2D eigenvalue weighted by Crippen LogP contribution is 2.54. The Balaban J connectivity index is 1.66. The number of para-hydroxylation sites is 1. The Morgan fingerprint density at radius 3 is 2.48 bits per heavy atom. The molecule has 5 heteroatoms. The van der Waals surface area contributed by atoms with Crippen molar-refractivity contribution in [3.05, 3.63) is 71.4 Å². The Morgan fingerprint density at radius 2 is 1.76 bits per heavy atom. The van der Waals surface area contributed by atoms with Gasteiger partial charge in [0.25, 0.3) is 0 Å². The second kappa shape index (κ2) is 6.63. The van der Waals surface area contributed by atoms with Crippen LogP contribution in [0.15, 0.2) is 54.6 Å². The average Bonchev–Trinajstić information content (AvgIpc) is 3.07. The first-order chi connectivity index (χ1) is 14.1. The van der Waals surface area contributed by atoms with Gasteiger partial charge in [-0.3, -0.25) is 0 Å². The van der Waals surface area contributed by atoms with Crippen molar-refractivity contribution >= 4 is 0 Å². The van der Waals surface area contributed by atoms with E-state index in [9.17, 15) is 5.11 Å². The number of hydrogen-bond donors (Lipinski definition) is 1. The zero-order chi connectivity index (χ0) is 20.1. The minimum absolute atomic E-state index is 0.486. The van der Waals surface area contributed by atoms with E-state index in [-0.39, 0.29) is 0 Å². The molecule has 1 aromatic heterocycles. The molecule has 3 aromatic rings. The Labute approximate surface area is 170 Å². The maximum absolute atomic E-state index is 11.9. The summed E-state index contributed by atoms with van der Waals surface area (Å²) in [6.45, 7) is 2.02. The van der Waals surface area contributed by atoms with Crippen LogP contribution in [0.5, 0.6) is 11.6 Å². The van der Waals surface area contributed by atoms with Crippen molar-refractivity contribution in [2.75, 3.05) is 7.11 Å². The lowest BCUT2D eigenvalue weighted by Crippen LogP contribution is -2.61. The van der Waals surface area contributed by atoms with Crippen molar-refractivity contribution in [3.8, 4) is 17.3 Å². The number of aliphatic hydroxyl groups is 1. The lowest BCUT2D eigenvalue weighted by atomic mass is 9.61. The summed E-state index contributed by atoms with van der Waals surface area (Å²) in [5.74, 6) is 0.225. The Morgan fingerprint density at radius 1 is 1.03 bits per heavy atom. The molecule has 150 valence electrons. The third-order valence-corrected chi connectivity index (χ3v) is 6.64. The van der Waals surface area contributed by atoms with Crippen molar-refractivity contribution in [3.63, 3.8) is 0 Å². The maximum atomic E-state index is 11.9. The summed E-state index contributed by atoms with van der Waals surface area (Å²) in [6.07, 6.45) is 4.22. The summed E-state index contributed by atoms with van der Waals surface area (Å²) in [5.41, 5.74) is 3.58. The lowest BCUT2D eigenvalue weighted by Gasteiger charge is -2.52. The van der Waals surface area contributed by atoms with Crippen molar-refractivity contribution in [1.29, 1.82) is 0 Å². The monoisotopic (exact) mass is 390 g/mol. The van der Waals surface area contributed by atoms with Gasteiger partial charge in [0, 0.05) is 12.0 Å². The van der Waals surface area contributed by atoms with E-state index in [4.69, 9.17) is 14.6 Å². The molecule has 0 unspecified atom stereocenters. The van der Waals surface area contributed by atoms with Gasteiger partial charge in [-0.25, -0.2) is 4.68 Å². The van der Waals surface area contributed by atoms with Crippen LogP contribution < -0.4 is 9.47 Å². The number of hydrogen-bond acceptors (Lipinski definition) is 4. The standard InChI is InChI=1S/C24H26N2O3/c1-17-21-16-23(18-10-12-20(28-2)13-11-18)14-6-7-15-24(23,27)29-22(21)26(25-17)19-8-4-3-5-9-19/h3-5,8-13,27H,6-7,14-16H2,1-2H3/t23-,24+/m1/s1. The first kappa shape index (κ1) is 18.3. The van der Waals surface area contributed by atoms with E-state index in [1.807, 2.05) is 54.1 Å². The highest BCUT2D eigenvalue weighted by Gasteiger charge is 2.59. The smallest absolute Gasteiger partial charge is 0.222 e. The zero-order valence-corrected chi connectivity index (χ0v) is 16.9. The van der Waals surface area contributed by atoms with E-state index in [0.29, 0.717) is 18.7 Å². The third kappa shape index (κ3) is 2.68. The van der Waals surface area contributed by atoms with E-state index in [1.54, 1.807) is 7.11 Å². The number of ether oxygens (including phenoxy) is 2. The molecule has 5 rings (SSSR count). The van der Waals surface area contributed by atoms with Crippen LogP contribution in [0.2, 0.25) is 0 Å². The summed E-state index contributed by atoms with van der Waals surface area (Å²) in [5, 5.41) is 16.6. The Kier molecular flexibility index (Phi) is 4.17. The molecule has 1 fully saturated rings. The Bertz CT molecular complexity index is 1030. The summed E-state index contributed by atoms with van der Waals surface area (Å²) in [4.78, 5) is 0. The highest BCUT2D eigenvalue weighted by molar-refractivity contribution is 5.47. The lowest BCUT2D eigenvalue weighted by molar-refractivity contribution is -0.222. The van der Waals surface area contributed by atoms with Crippen LogP contribution in [0.3, 0.4) is 0 Å². The molecule has 0 radical (unpaired) electrons. The number of nitrogens with zero attached hydrogens (tertiary/aromatic N) is 2. The van der Waals surface area contributed by atoms with Gasteiger partial charge in [0.15, 0.2) is 0 Å². The van der Waals surface area contributed by atoms with Crippen LogP contribution in [0.1, 0.15) is 42.5 Å². The average molecular weight is 390 g/mol. The van der Waals surface area contributed by atoms with Gasteiger partial charge in [-0.1, -0.05) is 36.8 Å². The normalized spacial score (nSPS) is 25.6. The first-order valence-corrected chi connectivity index (χ1v) is 10.3. The molecular weight excluding hydrogens is 364 g/mol. The van der Waals surface area contributed by atoms with Crippen LogP contribution in [-0.2, 0) is 11.8 Å². The van der Waals surface area contributed by atoms with Crippen LogP contribution >= 0.6 is 0 Å². The van der Waals surface area contributed by atoms with Gasteiger partial charge in [0.2, 0.25) is 11.7 Å². The van der Waals surface area contributed by atoms with Crippen LogP contribution in [0.4, 0.5) is 0 Å². The predicted molar refractivity (Wildman–Crippen MR) is 111 cm³/mol. The van der Waals surface area contributed by atoms with Crippen LogP contribution in [0.25, 0.3) is 5.69 Å². The second-order valence-electron chi connectivity index (χ2n) is 8.20. The number of aromatic nitrogens is 2. The molecule has 2 aromatic carbocycles. The molecule has 0 saturated heterocycles. The number of rotatable bonds is 3. The highest BCUT2D eigenvalue weighted by atomic mass is 16.6. The molecule has 29 heavy (non-hydrogen) atoms. The van der Waals surface area contributed by atoms with Crippen molar-refractivity contribution in [2.24, 2.45) is 0 Å². The quantitative estimate of drug-likeness (QED) is 0.723. The molecule has 2 aliphatic rings. The molecule has 0 spiro atoms. The van der Waals surface area contributed by atoms with Gasteiger partial charge < -0.3 is 14.6 Å². The van der Waals surface area contributed by atoms with Gasteiger partial charge in [0.1, 0.15) is 5.75 Å². The van der Waals surface area contributed by atoms with Crippen LogP contribution in [0, 0.1) is 6.92 Å². The van der Waals surface area contributed by atoms with Crippen molar-refractivity contribution in [1.82, 2.24) is 9.78 Å². The molecule has 0 bridgehead atoms. The molecule has 0 amide bonds. The first-order valence-electron chi connectivity index (χ1n) is 10.3. The topological polar surface area (TPSA) is 56.5 Å². The summed E-state index contributed by atoms with van der Waals surface area (Å²) < 4.78 is 13.6. The van der Waals surface area contributed by atoms with Gasteiger partial charge in [-0.2, -0.15) is 5.10 Å². The molecule has 1 aliphatic carbocycles. The predicted octanol–water partition coefficient (Wildman–Crippen LogP) is 4.32. The number of methoxy groups -OCH3 is 1. The molecule has 1 saturated carbocycles. The minimum atomic E-state index is -1.26. The molecule has 5 nitrogen and oxygen atoms in total. The van der Waals surface area contributed by atoms with E-state index < -0.39 is 11.2 Å².